The highest BCUT2D eigenvalue weighted by molar-refractivity contribution is 5.71. The quantitative estimate of drug-likeness (QED) is 0.565. The van der Waals surface area contributed by atoms with Crippen molar-refractivity contribution in [3.05, 3.63) is 0 Å². The lowest BCUT2D eigenvalue weighted by atomic mass is 10.1. The Hall–Kier alpha value is -0.610. The third kappa shape index (κ3) is 6.54. The van der Waals surface area contributed by atoms with Gasteiger partial charge in [0.2, 0.25) is 0 Å². The highest BCUT2D eigenvalue weighted by Crippen LogP contribution is 1.95. The largest absolute Gasteiger partial charge is 0.465 e. The highest BCUT2D eigenvalue weighted by atomic mass is 16.5. The molecule has 0 heterocycles. The first-order chi connectivity index (χ1) is 6.24. The van der Waals surface area contributed by atoms with E-state index in [-0.39, 0.29) is 25.2 Å². The molecule has 0 fully saturated rings. The van der Waals surface area contributed by atoms with Crippen LogP contribution in [0.15, 0.2) is 0 Å². The zero-order valence-corrected chi connectivity index (χ0v) is 8.38. The summed E-state index contributed by atoms with van der Waals surface area (Å²) < 4.78 is 4.75. The van der Waals surface area contributed by atoms with E-state index in [1.807, 2.05) is 6.92 Å². The predicted molar refractivity (Wildman–Crippen MR) is 50.4 cm³/mol. The second-order valence-corrected chi connectivity index (χ2v) is 2.80. The number of carbonyl (C=O) groups excluding carboxylic acids is 1. The Morgan fingerprint density at radius 1 is 1.54 bits per heavy atom. The molecule has 78 valence electrons. The molecule has 0 radical (unpaired) electrons. The van der Waals surface area contributed by atoms with Gasteiger partial charge in [0.15, 0.2) is 0 Å². The average molecular weight is 189 g/mol. The van der Waals surface area contributed by atoms with Crippen LogP contribution in [0, 0.1) is 0 Å². The van der Waals surface area contributed by atoms with Crippen LogP contribution in [0.2, 0.25) is 0 Å². The van der Waals surface area contributed by atoms with Crippen molar-refractivity contribution in [2.24, 2.45) is 0 Å². The Labute approximate surface area is 79.3 Å². The predicted octanol–water partition coefficient (Wildman–Crippen LogP) is 0.300. The van der Waals surface area contributed by atoms with Gasteiger partial charge < -0.3 is 15.2 Å². The molecule has 2 N–H and O–H groups in total. The summed E-state index contributed by atoms with van der Waals surface area (Å²) in [5.74, 6) is -0.237. The summed E-state index contributed by atoms with van der Waals surface area (Å²) in [4.78, 5) is 10.9. The zero-order chi connectivity index (χ0) is 10.1. The summed E-state index contributed by atoms with van der Waals surface area (Å²) in [6.45, 7) is 4.58. The normalized spacial score (nSPS) is 12.5. The molecule has 4 heteroatoms. The summed E-state index contributed by atoms with van der Waals surface area (Å²) in [5, 5.41) is 11.7. The van der Waals surface area contributed by atoms with E-state index in [9.17, 15) is 4.79 Å². The second-order valence-electron chi connectivity index (χ2n) is 2.80. The maximum atomic E-state index is 10.9. The van der Waals surface area contributed by atoms with Gasteiger partial charge in [-0.15, -0.1) is 0 Å². The second kappa shape index (κ2) is 8.01. The van der Waals surface area contributed by atoms with Crippen molar-refractivity contribution in [1.29, 1.82) is 0 Å². The molecular weight excluding hydrogens is 170 g/mol. The minimum absolute atomic E-state index is 0.147. The Bertz CT molecular complexity index is 139. The lowest BCUT2D eigenvalue weighted by Crippen LogP contribution is -2.34. The third-order valence-electron chi connectivity index (χ3n) is 1.81. The summed E-state index contributed by atoms with van der Waals surface area (Å²) in [6, 6.07) is 0.203. The number of rotatable bonds is 7. The molecule has 0 rings (SSSR count). The lowest BCUT2D eigenvalue weighted by molar-refractivity contribution is -0.142. The SMILES string of the molecule is CCOC(=O)CNC(CC)CCO. The summed E-state index contributed by atoms with van der Waals surface area (Å²) in [7, 11) is 0. The van der Waals surface area contributed by atoms with Crippen molar-refractivity contribution in [2.75, 3.05) is 19.8 Å². The van der Waals surface area contributed by atoms with E-state index in [0.717, 1.165) is 6.42 Å². The van der Waals surface area contributed by atoms with Gasteiger partial charge in [-0.05, 0) is 19.8 Å². The fraction of sp³-hybridized carbons (Fsp3) is 0.889. The molecule has 0 aromatic carbocycles. The molecule has 0 spiro atoms. The van der Waals surface area contributed by atoms with Gasteiger partial charge in [0.1, 0.15) is 0 Å². The fourth-order valence-electron chi connectivity index (χ4n) is 1.05. The fourth-order valence-corrected chi connectivity index (χ4v) is 1.05. The van der Waals surface area contributed by atoms with Gasteiger partial charge in [-0.25, -0.2) is 0 Å². The smallest absolute Gasteiger partial charge is 0.319 e. The maximum absolute atomic E-state index is 10.9. The molecule has 0 saturated carbocycles. The highest BCUT2D eigenvalue weighted by Gasteiger charge is 2.07. The molecule has 1 atom stereocenters. The zero-order valence-electron chi connectivity index (χ0n) is 8.38. The Kier molecular flexibility index (Phi) is 7.63. The summed E-state index contributed by atoms with van der Waals surface area (Å²) >= 11 is 0. The van der Waals surface area contributed by atoms with Crippen LogP contribution in [0.4, 0.5) is 0 Å². The molecule has 4 nitrogen and oxygen atoms in total. The molecule has 0 amide bonds. The van der Waals surface area contributed by atoms with Gasteiger partial charge in [-0.1, -0.05) is 6.92 Å². The van der Waals surface area contributed by atoms with E-state index in [2.05, 4.69) is 5.32 Å². The molecule has 0 aliphatic carbocycles. The number of aliphatic hydroxyl groups excluding tert-OH is 1. The van der Waals surface area contributed by atoms with Crippen LogP contribution in [-0.2, 0) is 9.53 Å². The third-order valence-corrected chi connectivity index (χ3v) is 1.81. The number of carbonyl (C=O) groups is 1. The topological polar surface area (TPSA) is 58.6 Å². The minimum atomic E-state index is -0.237. The van der Waals surface area contributed by atoms with Crippen molar-refractivity contribution < 1.29 is 14.6 Å². The Morgan fingerprint density at radius 3 is 2.69 bits per heavy atom. The minimum Gasteiger partial charge on any atom is -0.465 e. The van der Waals surface area contributed by atoms with Crippen molar-refractivity contribution in [3.63, 3.8) is 0 Å². The van der Waals surface area contributed by atoms with Crippen molar-refractivity contribution in [2.45, 2.75) is 32.7 Å². The summed E-state index contributed by atoms with van der Waals surface area (Å²) in [5.41, 5.74) is 0. The number of esters is 1. The molecule has 0 aromatic rings. The van der Waals surface area contributed by atoms with E-state index in [0.29, 0.717) is 13.0 Å². The van der Waals surface area contributed by atoms with Crippen LogP contribution in [0.3, 0.4) is 0 Å². The van der Waals surface area contributed by atoms with E-state index in [4.69, 9.17) is 9.84 Å². The van der Waals surface area contributed by atoms with E-state index >= 15 is 0 Å². The number of hydrogen-bond acceptors (Lipinski definition) is 4. The van der Waals surface area contributed by atoms with Gasteiger partial charge >= 0.3 is 5.97 Å². The van der Waals surface area contributed by atoms with Gasteiger partial charge in [-0.3, -0.25) is 4.79 Å². The van der Waals surface area contributed by atoms with Crippen LogP contribution in [0.5, 0.6) is 0 Å². The van der Waals surface area contributed by atoms with Gasteiger partial charge in [0.05, 0.1) is 13.2 Å². The van der Waals surface area contributed by atoms with Crippen molar-refractivity contribution >= 4 is 5.97 Å². The number of ether oxygens (including phenoxy) is 1. The molecule has 0 aliphatic heterocycles. The summed E-state index contributed by atoms with van der Waals surface area (Å²) in [6.07, 6.45) is 1.58. The van der Waals surface area contributed by atoms with Crippen LogP contribution >= 0.6 is 0 Å². The van der Waals surface area contributed by atoms with Crippen molar-refractivity contribution in [1.82, 2.24) is 5.32 Å². The number of hydrogen-bond donors (Lipinski definition) is 2. The molecule has 0 saturated heterocycles. The lowest BCUT2D eigenvalue weighted by Gasteiger charge is -2.14. The molecule has 0 aliphatic rings. The maximum Gasteiger partial charge on any atom is 0.319 e. The molecule has 0 bridgehead atoms. The molecular formula is C9H19NO3. The first-order valence-corrected chi connectivity index (χ1v) is 4.74. The number of nitrogens with one attached hydrogen (secondary N) is 1. The van der Waals surface area contributed by atoms with Gasteiger partial charge in [0.25, 0.3) is 0 Å². The van der Waals surface area contributed by atoms with Gasteiger partial charge in [-0.2, -0.15) is 0 Å². The Balaban J connectivity index is 3.52. The van der Waals surface area contributed by atoms with Crippen LogP contribution in [-0.4, -0.2) is 36.9 Å². The van der Waals surface area contributed by atoms with E-state index in [1.165, 1.54) is 0 Å². The average Bonchev–Trinajstić information content (AvgIpc) is 2.12. The first kappa shape index (κ1) is 12.4. The van der Waals surface area contributed by atoms with Crippen LogP contribution in [0.1, 0.15) is 26.7 Å². The van der Waals surface area contributed by atoms with E-state index in [1.54, 1.807) is 6.92 Å². The van der Waals surface area contributed by atoms with Crippen LogP contribution in [0.25, 0.3) is 0 Å². The van der Waals surface area contributed by atoms with E-state index < -0.39 is 0 Å². The first-order valence-electron chi connectivity index (χ1n) is 4.74. The molecule has 0 aromatic heterocycles. The standard InChI is InChI=1S/C9H19NO3/c1-3-8(5-6-11)10-7-9(12)13-4-2/h8,10-11H,3-7H2,1-2H3. The van der Waals surface area contributed by atoms with Gasteiger partial charge in [0, 0.05) is 12.6 Å². The van der Waals surface area contributed by atoms with Crippen molar-refractivity contribution in [3.8, 4) is 0 Å². The molecule has 13 heavy (non-hydrogen) atoms. The van der Waals surface area contributed by atoms with Crippen LogP contribution < -0.4 is 5.32 Å². The molecule has 1 unspecified atom stereocenters. The Morgan fingerprint density at radius 2 is 2.23 bits per heavy atom. The monoisotopic (exact) mass is 189 g/mol. The number of aliphatic hydroxyl groups is 1.